The molecule has 1 N–H and O–H groups in total. The minimum absolute atomic E-state index is 0.569. The van der Waals surface area contributed by atoms with Crippen LogP contribution in [0.3, 0.4) is 0 Å². The molecule has 0 amide bonds. The third-order valence-corrected chi connectivity index (χ3v) is 8.10. The average Bonchev–Trinajstić information content (AvgIpc) is 2.63. The second-order valence-electron chi connectivity index (χ2n) is 7.09. The summed E-state index contributed by atoms with van der Waals surface area (Å²) in [6.45, 7) is 2.16. The summed E-state index contributed by atoms with van der Waals surface area (Å²) in [7, 11) is 0.486. The Morgan fingerprint density at radius 2 is 1.73 bits per heavy atom. The molecule has 0 spiro atoms. The first-order chi connectivity index (χ1) is 12.4. The quantitative estimate of drug-likeness (QED) is 0.729. The van der Waals surface area contributed by atoms with Crippen LogP contribution in [0.1, 0.15) is 16.7 Å². The van der Waals surface area contributed by atoms with Crippen molar-refractivity contribution in [2.45, 2.75) is 11.8 Å². The Balaban J connectivity index is 2.12. The number of hydrogen-bond acceptors (Lipinski definition) is 2. The third kappa shape index (κ3) is 2.46. The maximum absolute atomic E-state index is 8.17. The van der Waals surface area contributed by atoms with E-state index in [0.717, 1.165) is 5.75 Å². The Kier molecular flexibility index (Phi) is 3.92. The lowest BCUT2D eigenvalue weighted by atomic mass is 9.88. The molecule has 0 bridgehead atoms. The van der Waals surface area contributed by atoms with E-state index in [1.165, 1.54) is 37.6 Å². The van der Waals surface area contributed by atoms with Crippen LogP contribution in [-0.4, -0.2) is 25.3 Å². The Bertz CT molecular complexity index is 1020. The van der Waals surface area contributed by atoms with Gasteiger partial charge in [-0.3, -0.25) is 0 Å². The molecular formula is C23H23NOS. The van der Waals surface area contributed by atoms with E-state index in [1.807, 2.05) is 12.2 Å². The molecule has 3 heteroatoms. The standard InChI is InChI=1S/C23H23NOS/c1-15-7-5-6-8-18(15)23-19-11-9-16(24)13-21(19)26(3,4)22-14-17(25-2)10-12-20(22)23/h5-14,24H,1-4H3. The van der Waals surface area contributed by atoms with Crippen LogP contribution in [0.2, 0.25) is 0 Å². The molecule has 0 saturated carbocycles. The monoisotopic (exact) mass is 361 g/mol. The summed E-state index contributed by atoms with van der Waals surface area (Å²) >= 11 is 0. The molecule has 4 rings (SSSR count). The average molecular weight is 362 g/mol. The maximum Gasteiger partial charge on any atom is 0.119 e. The summed E-state index contributed by atoms with van der Waals surface area (Å²) in [6, 6.07) is 15.0. The van der Waals surface area contributed by atoms with Crippen LogP contribution in [0.15, 0.2) is 76.1 Å². The van der Waals surface area contributed by atoms with E-state index in [1.54, 1.807) is 7.11 Å². The fraction of sp³-hybridized carbons (Fsp3) is 0.174. The number of methoxy groups -OCH3 is 1. The molecule has 0 fully saturated rings. The summed E-state index contributed by atoms with van der Waals surface area (Å²) in [4.78, 5) is 2.61. The van der Waals surface area contributed by atoms with Gasteiger partial charge in [-0.2, -0.15) is 10.0 Å². The fourth-order valence-electron chi connectivity index (χ4n) is 3.82. The minimum atomic E-state index is -1.23. The summed E-state index contributed by atoms with van der Waals surface area (Å²) in [5.41, 5.74) is 6.90. The Labute approximate surface area is 156 Å². The smallest absolute Gasteiger partial charge is 0.119 e. The third-order valence-electron chi connectivity index (χ3n) is 5.22. The highest BCUT2D eigenvalue weighted by Gasteiger charge is 2.35. The zero-order chi connectivity index (χ0) is 18.5. The van der Waals surface area contributed by atoms with Crippen molar-refractivity contribution in [2.24, 2.45) is 0 Å². The first-order valence-electron chi connectivity index (χ1n) is 8.64. The van der Waals surface area contributed by atoms with Crippen molar-refractivity contribution in [3.63, 3.8) is 0 Å². The Hall–Kier alpha value is -2.52. The summed E-state index contributed by atoms with van der Waals surface area (Å²) in [5.74, 6) is 0.888. The highest BCUT2D eigenvalue weighted by Crippen LogP contribution is 2.66. The first kappa shape index (κ1) is 16.9. The first-order valence-corrected chi connectivity index (χ1v) is 11.1. The van der Waals surface area contributed by atoms with E-state index in [0.29, 0.717) is 5.71 Å². The molecule has 1 aliphatic heterocycles. The van der Waals surface area contributed by atoms with Crippen molar-refractivity contribution in [1.29, 1.82) is 5.41 Å². The number of nitrogens with one attached hydrogen (secondary N) is 1. The molecule has 0 unspecified atom stereocenters. The van der Waals surface area contributed by atoms with Gasteiger partial charge >= 0.3 is 0 Å². The molecule has 2 aromatic carbocycles. The van der Waals surface area contributed by atoms with Gasteiger partial charge in [0.15, 0.2) is 0 Å². The van der Waals surface area contributed by atoms with Crippen LogP contribution in [0.25, 0.3) is 5.57 Å². The molecule has 0 atom stereocenters. The van der Waals surface area contributed by atoms with Gasteiger partial charge in [0.1, 0.15) is 5.75 Å². The highest BCUT2D eigenvalue weighted by atomic mass is 32.3. The molecule has 0 radical (unpaired) electrons. The van der Waals surface area contributed by atoms with Crippen LogP contribution >= 0.6 is 10.0 Å². The highest BCUT2D eigenvalue weighted by molar-refractivity contribution is 8.36. The van der Waals surface area contributed by atoms with Gasteiger partial charge in [0.05, 0.1) is 12.8 Å². The lowest BCUT2D eigenvalue weighted by Gasteiger charge is -2.43. The molecular weight excluding hydrogens is 338 g/mol. The lowest BCUT2D eigenvalue weighted by molar-refractivity contribution is 0.413. The fourth-order valence-corrected chi connectivity index (χ4v) is 6.33. The Morgan fingerprint density at radius 1 is 0.962 bits per heavy atom. The van der Waals surface area contributed by atoms with E-state index in [-0.39, 0.29) is 0 Å². The van der Waals surface area contributed by atoms with E-state index in [9.17, 15) is 0 Å². The molecule has 1 heterocycles. The number of rotatable bonds is 2. The van der Waals surface area contributed by atoms with Gasteiger partial charge in [-0.05, 0) is 77.6 Å². The van der Waals surface area contributed by atoms with Gasteiger partial charge in [0, 0.05) is 9.80 Å². The van der Waals surface area contributed by atoms with Crippen LogP contribution in [-0.2, 0) is 0 Å². The topological polar surface area (TPSA) is 33.1 Å². The van der Waals surface area contributed by atoms with Gasteiger partial charge in [-0.15, -0.1) is 0 Å². The second kappa shape index (κ2) is 6.03. The Morgan fingerprint density at radius 3 is 2.46 bits per heavy atom. The lowest BCUT2D eigenvalue weighted by Crippen LogP contribution is -2.16. The van der Waals surface area contributed by atoms with Crippen LogP contribution in [0.5, 0.6) is 5.75 Å². The predicted octanol–water partition coefficient (Wildman–Crippen LogP) is 5.72. The van der Waals surface area contributed by atoms with Crippen molar-refractivity contribution >= 4 is 21.3 Å². The number of ether oxygens (including phenoxy) is 1. The SMILES string of the molecule is COc1ccc2c(c1)S(C)(C)C1=CC(=N)C=CC1=C2c1ccccc1C. The summed E-state index contributed by atoms with van der Waals surface area (Å²) in [5, 5.41) is 8.17. The molecule has 26 heavy (non-hydrogen) atoms. The zero-order valence-electron chi connectivity index (χ0n) is 15.6. The zero-order valence-corrected chi connectivity index (χ0v) is 16.4. The normalized spacial score (nSPS) is 18.8. The molecule has 1 aliphatic carbocycles. The van der Waals surface area contributed by atoms with E-state index < -0.39 is 10.0 Å². The number of fused-ring (bicyclic) bond motifs is 2. The minimum Gasteiger partial charge on any atom is -0.497 e. The van der Waals surface area contributed by atoms with Gasteiger partial charge in [-0.1, -0.05) is 30.3 Å². The van der Waals surface area contributed by atoms with E-state index >= 15 is 0 Å². The van der Waals surface area contributed by atoms with Crippen molar-refractivity contribution in [1.82, 2.24) is 0 Å². The van der Waals surface area contributed by atoms with Crippen molar-refractivity contribution in [3.8, 4) is 5.75 Å². The molecule has 132 valence electrons. The summed E-state index contributed by atoms with van der Waals surface area (Å²) < 4.78 is 5.52. The van der Waals surface area contributed by atoms with Gasteiger partial charge in [0.25, 0.3) is 0 Å². The molecule has 0 saturated heterocycles. The van der Waals surface area contributed by atoms with Gasteiger partial charge in [-0.25, -0.2) is 0 Å². The van der Waals surface area contributed by atoms with Crippen molar-refractivity contribution in [2.75, 3.05) is 19.6 Å². The van der Waals surface area contributed by atoms with Crippen LogP contribution < -0.4 is 4.74 Å². The van der Waals surface area contributed by atoms with Crippen LogP contribution in [0, 0.1) is 12.3 Å². The van der Waals surface area contributed by atoms with Crippen molar-refractivity contribution < 1.29 is 4.74 Å². The predicted molar refractivity (Wildman–Crippen MR) is 113 cm³/mol. The number of allylic oxidation sites excluding steroid dienone is 4. The largest absolute Gasteiger partial charge is 0.497 e. The molecule has 2 aliphatic rings. The second-order valence-corrected chi connectivity index (χ2v) is 10.6. The van der Waals surface area contributed by atoms with Gasteiger partial charge in [0.2, 0.25) is 0 Å². The van der Waals surface area contributed by atoms with E-state index in [2.05, 4.69) is 68.0 Å². The van der Waals surface area contributed by atoms with E-state index in [4.69, 9.17) is 10.1 Å². The molecule has 2 nitrogen and oxygen atoms in total. The number of aryl methyl sites for hydroxylation is 1. The molecule has 0 aromatic heterocycles. The van der Waals surface area contributed by atoms with Gasteiger partial charge < -0.3 is 10.1 Å². The van der Waals surface area contributed by atoms with Crippen LogP contribution in [0.4, 0.5) is 0 Å². The maximum atomic E-state index is 8.17. The summed E-state index contributed by atoms with van der Waals surface area (Å²) in [6.07, 6.45) is 10.7. The number of hydrogen-bond donors (Lipinski definition) is 1. The van der Waals surface area contributed by atoms with Crippen molar-refractivity contribution in [3.05, 3.63) is 87.9 Å². The molecule has 2 aromatic rings. The number of benzene rings is 2.